The van der Waals surface area contributed by atoms with Gasteiger partial charge < -0.3 is 0 Å². The molecule has 1 atom stereocenters. The molecule has 0 spiro atoms. The first-order valence-electron chi connectivity index (χ1n) is 5.93. The van der Waals surface area contributed by atoms with E-state index in [4.69, 9.17) is 0 Å². The van der Waals surface area contributed by atoms with E-state index in [-0.39, 0.29) is 11.7 Å². The fourth-order valence-corrected chi connectivity index (χ4v) is 1.96. The van der Waals surface area contributed by atoms with Crippen molar-refractivity contribution < 1.29 is 4.79 Å². The van der Waals surface area contributed by atoms with Gasteiger partial charge in [-0.1, -0.05) is 36.4 Å². The van der Waals surface area contributed by atoms with Crippen molar-refractivity contribution in [3.05, 3.63) is 78.6 Å². The third kappa shape index (κ3) is 2.72. The first-order valence-corrected chi connectivity index (χ1v) is 5.93. The van der Waals surface area contributed by atoms with E-state index in [0.717, 1.165) is 5.56 Å². The van der Waals surface area contributed by atoms with Gasteiger partial charge in [-0.15, -0.1) is 6.58 Å². The van der Waals surface area contributed by atoms with Crippen molar-refractivity contribution in [2.45, 2.75) is 12.3 Å². The average Bonchev–Trinajstić information content (AvgIpc) is 2.46. The van der Waals surface area contributed by atoms with Crippen LogP contribution in [0.4, 0.5) is 0 Å². The van der Waals surface area contributed by atoms with Gasteiger partial charge in [-0.3, -0.25) is 9.78 Å². The second-order valence-electron chi connectivity index (χ2n) is 4.09. The summed E-state index contributed by atoms with van der Waals surface area (Å²) in [6.45, 7) is 3.73. The van der Waals surface area contributed by atoms with Crippen LogP contribution in [-0.4, -0.2) is 10.8 Å². The molecule has 90 valence electrons. The molecule has 0 aliphatic carbocycles. The highest BCUT2D eigenvalue weighted by Crippen LogP contribution is 2.24. The lowest BCUT2D eigenvalue weighted by atomic mass is 9.88. The Bertz CT molecular complexity index is 519. The maximum Gasteiger partial charge on any atom is 0.172 e. The van der Waals surface area contributed by atoms with Crippen molar-refractivity contribution in [1.82, 2.24) is 4.98 Å². The molecule has 0 N–H and O–H groups in total. The number of hydrogen-bond acceptors (Lipinski definition) is 2. The summed E-state index contributed by atoms with van der Waals surface area (Å²) in [5.74, 6) is -0.0814. The van der Waals surface area contributed by atoms with E-state index in [9.17, 15) is 4.79 Å². The SMILES string of the molecule is C=CC[C@H](C(=O)c1cccnc1)c1ccccc1. The number of benzene rings is 1. The number of carbonyl (C=O) groups excluding carboxylic acids is 1. The molecular weight excluding hydrogens is 222 g/mol. The lowest BCUT2D eigenvalue weighted by molar-refractivity contribution is 0.0959. The van der Waals surface area contributed by atoms with Gasteiger partial charge in [0.15, 0.2) is 5.78 Å². The lowest BCUT2D eigenvalue weighted by Gasteiger charge is -2.14. The van der Waals surface area contributed by atoms with E-state index >= 15 is 0 Å². The quantitative estimate of drug-likeness (QED) is 0.587. The number of rotatable bonds is 5. The van der Waals surface area contributed by atoms with Crippen molar-refractivity contribution in [1.29, 1.82) is 0 Å². The lowest BCUT2D eigenvalue weighted by Crippen LogP contribution is -2.12. The molecule has 0 bridgehead atoms. The summed E-state index contributed by atoms with van der Waals surface area (Å²) in [6, 6.07) is 13.4. The van der Waals surface area contributed by atoms with Crippen molar-refractivity contribution in [3.63, 3.8) is 0 Å². The number of pyridine rings is 1. The Morgan fingerprint density at radius 3 is 2.61 bits per heavy atom. The van der Waals surface area contributed by atoms with Crippen LogP contribution in [0, 0.1) is 0 Å². The predicted molar refractivity (Wildman–Crippen MR) is 72.6 cm³/mol. The van der Waals surface area contributed by atoms with Crippen molar-refractivity contribution in [3.8, 4) is 0 Å². The first-order chi connectivity index (χ1) is 8.83. The van der Waals surface area contributed by atoms with Gasteiger partial charge in [-0.05, 0) is 24.1 Å². The van der Waals surface area contributed by atoms with Gasteiger partial charge in [0, 0.05) is 18.0 Å². The topological polar surface area (TPSA) is 30.0 Å². The van der Waals surface area contributed by atoms with Gasteiger partial charge in [0.2, 0.25) is 0 Å². The van der Waals surface area contributed by atoms with Gasteiger partial charge >= 0.3 is 0 Å². The van der Waals surface area contributed by atoms with E-state index < -0.39 is 0 Å². The summed E-state index contributed by atoms with van der Waals surface area (Å²) < 4.78 is 0. The van der Waals surface area contributed by atoms with E-state index in [1.165, 1.54) is 0 Å². The number of aromatic nitrogens is 1. The summed E-state index contributed by atoms with van der Waals surface area (Å²) in [6.07, 6.45) is 5.70. The van der Waals surface area contributed by atoms with Crippen molar-refractivity contribution in [2.24, 2.45) is 0 Å². The highest BCUT2D eigenvalue weighted by molar-refractivity contribution is 6.00. The molecule has 0 saturated heterocycles. The van der Waals surface area contributed by atoms with E-state index in [1.807, 2.05) is 30.3 Å². The Morgan fingerprint density at radius 2 is 2.00 bits per heavy atom. The number of carbonyl (C=O) groups is 1. The van der Waals surface area contributed by atoms with Crippen LogP contribution in [0.2, 0.25) is 0 Å². The van der Waals surface area contributed by atoms with Gasteiger partial charge in [0.25, 0.3) is 0 Å². The average molecular weight is 237 g/mol. The van der Waals surface area contributed by atoms with E-state index in [1.54, 1.807) is 30.6 Å². The molecule has 0 aliphatic heterocycles. The van der Waals surface area contributed by atoms with Crippen LogP contribution in [0.1, 0.15) is 28.3 Å². The Morgan fingerprint density at radius 1 is 1.22 bits per heavy atom. The fourth-order valence-electron chi connectivity index (χ4n) is 1.96. The Kier molecular flexibility index (Phi) is 4.02. The second-order valence-corrected chi connectivity index (χ2v) is 4.09. The molecule has 0 aliphatic rings. The summed E-state index contributed by atoms with van der Waals surface area (Å²) in [4.78, 5) is 16.4. The third-order valence-electron chi connectivity index (χ3n) is 2.87. The van der Waals surface area contributed by atoms with Crippen LogP contribution in [0.5, 0.6) is 0 Å². The molecule has 1 heterocycles. The number of nitrogens with zero attached hydrogens (tertiary/aromatic N) is 1. The second kappa shape index (κ2) is 5.92. The molecule has 0 amide bonds. The summed E-state index contributed by atoms with van der Waals surface area (Å²) in [5, 5.41) is 0. The minimum atomic E-state index is -0.173. The summed E-state index contributed by atoms with van der Waals surface area (Å²) in [5.41, 5.74) is 1.67. The predicted octanol–water partition coefficient (Wildman–Crippen LogP) is 3.62. The summed E-state index contributed by atoms with van der Waals surface area (Å²) in [7, 11) is 0. The molecule has 0 fully saturated rings. The Hall–Kier alpha value is -2.22. The number of hydrogen-bond donors (Lipinski definition) is 0. The van der Waals surface area contributed by atoms with Crippen LogP contribution in [0.25, 0.3) is 0 Å². The zero-order chi connectivity index (χ0) is 12.8. The van der Waals surface area contributed by atoms with Gasteiger partial charge in [0.05, 0.1) is 5.92 Å². The minimum absolute atomic E-state index is 0.0919. The molecular formula is C16H15NO. The zero-order valence-electron chi connectivity index (χ0n) is 10.1. The van der Waals surface area contributed by atoms with Gasteiger partial charge in [-0.2, -0.15) is 0 Å². The number of Topliss-reactive ketones (excluding diaryl/α,β-unsaturated/α-hetero) is 1. The van der Waals surface area contributed by atoms with E-state index in [2.05, 4.69) is 11.6 Å². The first kappa shape index (κ1) is 12.2. The van der Waals surface area contributed by atoms with Crippen molar-refractivity contribution in [2.75, 3.05) is 0 Å². The molecule has 1 aromatic carbocycles. The third-order valence-corrected chi connectivity index (χ3v) is 2.87. The molecule has 2 rings (SSSR count). The normalized spacial score (nSPS) is 11.8. The smallest absolute Gasteiger partial charge is 0.172 e. The molecule has 2 heteroatoms. The number of allylic oxidation sites excluding steroid dienone is 1. The van der Waals surface area contributed by atoms with Gasteiger partial charge in [-0.25, -0.2) is 0 Å². The zero-order valence-corrected chi connectivity index (χ0v) is 10.1. The minimum Gasteiger partial charge on any atom is -0.293 e. The number of ketones is 1. The molecule has 0 unspecified atom stereocenters. The fraction of sp³-hybridized carbons (Fsp3) is 0.125. The van der Waals surface area contributed by atoms with Crippen LogP contribution >= 0.6 is 0 Å². The maximum absolute atomic E-state index is 12.4. The van der Waals surface area contributed by atoms with Gasteiger partial charge in [0.1, 0.15) is 0 Å². The van der Waals surface area contributed by atoms with Crippen molar-refractivity contribution >= 4 is 5.78 Å². The summed E-state index contributed by atoms with van der Waals surface area (Å²) >= 11 is 0. The maximum atomic E-state index is 12.4. The van der Waals surface area contributed by atoms with E-state index in [0.29, 0.717) is 12.0 Å². The standard InChI is InChI=1S/C16H15NO/c1-2-7-15(13-8-4-3-5-9-13)16(18)14-10-6-11-17-12-14/h2-6,8-12,15H,1,7H2/t15-/m0/s1. The molecule has 18 heavy (non-hydrogen) atoms. The highest BCUT2D eigenvalue weighted by Gasteiger charge is 2.20. The molecule has 0 saturated carbocycles. The van der Waals surface area contributed by atoms with Crippen LogP contribution in [0.15, 0.2) is 67.5 Å². The molecule has 1 aromatic heterocycles. The molecule has 2 aromatic rings. The highest BCUT2D eigenvalue weighted by atomic mass is 16.1. The largest absolute Gasteiger partial charge is 0.293 e. The monoisotopic (exact) mass is 237 g/mol. The van der Waals surface area contributed by atoms with Crippen LogP contribution < -0.4 is 0 Å². The van der Waals surface area contributed by atoms with Crippen LogP contribution in [0.3, 0.4) is 0 Å². The molecule has 0 radical (unpaired) electrons. The van der Waals surface area contributed by atoms with Crippen LogP contribution in [-0.2, 0) is 0 Å². The molecule has 2 nitrogen and oxygen atoms in total. The Balaban J connectivity index is 2.32. The Labute approximate surface area is 107 Å².